The van der Waals surface area contributed by atoms with Crippen LogP contribution in [0.5, 0.6) is 0 Å². The first-order valence-electron chi connectivity index (χ1n) is 11.7. The number of aryl methyl sites for hydroxylation is 3. The highest BCUT2D eigenvalue weighted by molar-refractivity contribution is 7.15. The van der Waals surface area contributed by atoms with Crippen molar-refractivity contribution in [1.82, 2.24) is 19.4 Å². The minimum Gasteiger partial charge on any atom is -0.302 e. The number of aromatic amines is 1. The van der Waals surface area contributed by atoms with Gasteiger partial charge in [-0.2, -0.15) is 13.2 Å². The first kappa shape index (κ1) is 24.0. The number of H-pyrrole nitrogens is 1. The van der Waals surface area contributed by atoms with Crippen LogP contribution in [-0.4, -0.2) is 39.1 Å². The monoisotopic (exact) mass is 504 g/mol. The molecule has 1 aliphatic carbocycles. The van der Waals surface area contributed by atoms with Gasteiger partial charge in [0.2, 0.25) is 0 Å². The quantitative estimate of drug-likeness (QED) is 0.486. The smallest absolute Gasteiger partial charge is 0.302 e. The summed E-state index contributed by atoms with van der Waals surface area (Å²) in [5.41, 5.74) is 0.803. The van der Waals surface area contributed by atoms with Crippen molar-refractivity contribution in [3.63, 3.8) is 0 Å². The lowest BCUT2D eigenvalue weighted by molar-refractivity contribution is -0.137. The van der Waals surface area contributed by atoms with Gasteiger partial charge < -0.3 is 4.90 Å². The Morgan fingerprint density at radius 3 is 2.51 bits per heavy atom. The van der Waals surface area contributed by atoms with E-state index in [-0.39, 0.29) is 5.41 Å². The van der Waals surface area contributed by atoms with E-state index in [0.29, 0.717) is 18.0 Å². The van der Waals surface area contributed by atoms with Crippen molar-refractivity contribution in [1.29, 1.82) is 0 Å². The van der Waals surface area contributed by atoms with Crippen molar-refractivity contribution in [3.8, 4) is 10.4 Å². The molecule has 1 saturated carbocycles. The molecule has 3 heterocycles. The Hall–Kier alpha value is -2.72. The number of likely N-dealkylation sites (tertiary alicyclic amines) is 1. The number of alkyl halides is 3. The molecular formula is C25H27F3N4O2S. The van der Waals surface area contributed by atoms with Gasteiger partial charge in [0.15, 0.2) is 0 Å². The summed E-state index contributed by atoms with van der Waals surface area (Å²) >= 11 is 1.44. The van der Waals surface area contributed by atoms with Crippen LogP contribution in [0.25, 0.3) is 10.4 Å². The van der Waals surface area contributed by atoms with Crippen LogP contribution in [0, 0.1) is 19.8 Å². The fourth-order valence-corrected chi connectivity index (χ4v) is 6.36. The van der Waals surface area contributed by atoms with Gasteiger partial charge in [0, 0.05) is 31.2 Å². The van der Waals surface area contributed by atoms with E-state index in [1.807, 2.05) is 13.8 Å². The van der Waals surface area contributed by atoms with E-state index in [0.717, 1.165) is 60.0 Å². The normalized spacial score (nSPS) is 21.9. The van der Waals surface area contributed by atoms with Crippen LogP contribution >= 0.6 is 11.3 Å². The van der Waals surface area contributed by atoms with Crippen LogP contribution in [0.15, 0.2) is 40.1 Å². The Morgan fingerprint density at radius 2 is 1.86 bits per heavy atom. The third-order valence-electron chi connectivity index (χ3n) is 7.29. The van der Waals surface area contributed by atoms with E-state index < -0.39 is 23.0 Å². The second-order valence-corrected chi connectivity index (χ2v) is 10.9. The number of piperidine rings is 1. The molecule has 1 aromatic carbocycles. The Balaban J connectivity index is 1.17. The minimum absolute atomic E-state index is 0.0143. The maximum absolute atomic E-state index is 12.9. The molecule has 2 fully saturated rings. The Morgan fingerprint density at radius 1 is 1.14 bits per heavy atom. The highest BCUT2D eigenvalue weighted by Gasteiger charge is 2.60. The number of aromatic nitrogens is 3. The van der Waals surface area contributed by atoms with Crippen LogP contribution < -0.4 is 11.2 Å². The number of unbranched alkanes of at least 4 members (excludes halogenated alkanes) is 1. The number of nitrogens with zero attached hydrogens (tertiary/aromatic N) is 3. The SMILES string of the molecule is Cc1nc(C)c(-c2cn(CCCCN3C[C@@H]4C[C@]4(c4ccc(C(F)(F)F)cc4)C3)c(=O)[nH]c2=O)s1. The number of hydrogen-bond acceptors (Lipinski definition) is 5. The number of fused-ring (bicyclic) bond motifs is 1. The zero-order valence-electron chi connectivity index (χ0n) is 19.6. The lowest BCUT2D eigenvalue weighted by Gasteiger charge is -2.21. The number of benzene rings is 1. The van der Waals surface area contributed by atoms with Gasteiger partial charge in [0.05, 0.1) is 26.7 Å². The summed E-state index contributed by atoms with van der Waals surface area (Å²) in [7, 11) is 0. The van der Waals surface area contributed by atoms with Crippen molar-refractivity contribution >= 4 is 11.3 Å². The molecule has 0 amide bonds. The zero-order chi connectivity index (χ0) is 25.0. The number of thiazole rings is 1. The Labute approximate surface area is 204 Å². The largest absolute Gasteiger partial charge is 0.416 e. The van der Waals surface area contributed by atoms with Gasteiger partial charge in [0.25, 0.3) is 5.56 Å². The first-order valence-corrected chi connectivity index (χ1v) is 12.6. The second kappa shape index (κ2) is 8.74. The third-order valence-corrected chi connectivity index (χ3v) is 8.39. The summed E-state index contributed by atoms with van der Waals surface area (Å²) in [5.74, 6) is 0.495. The van der Waals surface area contributed by atoms with Gasteiger partial charge in [-0.05, 0) is 63.3 Å². The van der Waals surface area contributed by atoms with E-state index in [4.69, 9.17) is 0 Å². The number of rotatable bonds is 7. The molecule has 10 heteroatoms. The maximum atomic E-state index is 12.9. The molecule has 0 spiro atoms. The molecule has 0 unspecified atom stereocenters. The lowest BCUT2D eigenvalue weighted by atomic mass is 9.94. The average Bonchev–Trinajstić information content (AvgIpc) is 3.19. The van der Waals surface area contributed by atoms with E-state index in [1.54, 1.807) is 22.9 Å². The molecule has 2 aliphatic rings. The van der Waals surface area contributed by atoms with Gasteiger partial charge in [-0.1, -0.05) is 12.1 Å². The molecule has 1 N–H and O–H groups in total. The highest BCUT2D eigenvalue weighted by Crippen LogP contribution is 2.59. The first-order chi connectivity index (χ1) is 16.6. The van der Waals surface area contributed by atoms with E-state index >= 15 is 0 Å². The van der Waals surface area contributed by atoms with E-state index in [9.17, 15) is 22.8 Å². The molecule has 2 atom stereocenters. The van der Waals surface area contributed by atoms with Crippen molar-refractivity contribution < 1.29 is 13.2 Å². The molecule has 0 bridgehead atoms. The number of nitrogens with one attached hydrogen (secondary N) is 1. The molecule has 1 saturated heterocycles. The summed E-state index contributed by atoms with van der Waals surface area (Å²) in [6.45, 7) is 6.92. The van der Waals surface area contributed by atoms with Crippen LogP contribution in [-0.2, 0) is 18.1 Å². The molecule has 6 nitrogen and oxygen atoms in total. The standard InChI is InChI=1S/C25H27F3N4O2S/c1-15-21(35-16(2)29-15)20-13-32(23(34)30-22(20)33)10-4-3-9-31-12-19-11-24(19,14-31)17-5-7-18(8-6-17)25(26,27)28/h5-8,13,19H,3-4,9-12,14H2,1-2H3,(H,30,33,34)/t19-,24+/m0/s1. The molecule has 35 heavy (non-hydrogen) atoms. The van der Waals surface area contributed by atoms with Crippen LogP contribution in [0.2, 0.25) is 0 Å². The van der Waals surface area contributed by atoms with Crippen molar-refractivity contribution in [3.05, 3.63) is 73.1 Å². The molecule has 5 rings (SSSR count). The molecule has 0 radical (unpaired) electrons. The highest BCUT2D eigenvalue weighted by atomic mass is 32.1. The van der Waals surface area contributed by atoms with Gasteiger partial charge in [-0.15, -0.1) is 11.3 Å². The lowest BCUT2D eigenvalue weighted by Crippen LogP contribution is -2.31. The minimum atomic E-state index is -4.31. The second-order valence-electron chi connectivity index (χ2n) is 9.72. The Bertz CT molecular complexity index is 1360. The maximum Gasteiger partial charge on any atom is 0.416 e. The summed E-state index contributed by atoms with van der Waals surface area (Å²) in [6, 6.07) is 5.65. The van der Waals surface area contributed by atoms with Gasteiger partial charge >= 0.3 is 11.9 Å². The van der Waals surface area contributed by atoms with Gasteiger partial charge in [0.1, 0.15) is 0 Å². The van der Waals surface area contributed by atoms with Crippen molar-refractivity contribution in [2.45, 2.75) is 51.2 Å². The Kier molecular flexibility index (Phi) is 5.99. The summed E-state index contributed by atoms with van der Waals surface area (Å²) in [4.78, 5) is 34.6. The van der Waals surface area contributed by atoms with Crippen LogP contribution in [0.3, 0.4) is 0 Å². The molecule has 2 aromatic heterocycles. The molecule has 186 valence electrons. The third kappa shape index (κ3) is 4.61. The predicted octanol–water partition coefficient (Wildman–Crippen LogP) is 4.35. The summed E-state index contributed by atoms with van der Waals surface area (Å²) < 4.78 is 40.2. The van der Waals surface area contributed by atoms with E-state index in [2.05, 4.69) is 14.9 Å². The number of halogens is 3. The fourth-order valence-electron chi connectivity index (χ4n) is 5.43. The molecule has 3 aromatic rings. The summed E-state index contributed by atoms with van der Waals surface area (Å²) in [6.07, 6.45) is 0.0103. The van der Waals surface area contributed by atoms with Crippen molar-refractivity contribution in [2.75, 3.05) is 19.6 Å². The number of hydrogen-bond donors (Lipinski definition) is 1. The van der Waals surface area contributed by atoms with Crippen molar-refractivity contribution in [2.24, 2.45) is 5.92 Å². The predicted molar refractivity (Wildman–Crippen MR) is 129 cm³/mol. The van der Waals surface area contributed by atoms with E-state index in [1.165, 1.54) is 23.5 Å². The summed E-state index contributed by atoms with van der Waals surface area (Å²) in [5, 5.41) is 0.868. The van der Waals surface area contributed by atoms with Crippen LogP contribution in [0.1, 0.15) is 41.1 Å². The fraction of sp³-hybridized carbons (Fsp3) is 0.480. The average molecular weight is 505 g/mol. The molecule has 1 aliphatic heterocycles. The topological polar surface area (TPSA) is 71.0 Å². The van der Waals surface area contributed by atoms with Gasteiger partial charge in [-0.25, -0.2) is 9.78 Å². The van der Waals surface area contributed by atoms with Gasteiger partial charge in [-0.3, -0.25) is 14.3 Å². The molecular weight excluding hydrogens is 477 g/mol. The zero-order valence-corrected chi connectivity index (χ0v) is 20.4. The van der Waals surface area contributed by atoms with Crippen LogP contribution in [0.4, 0.5) is 13.2 Å².